The second kappa shape index (κ2) is 8.50. The summed E-state index contributed by atoms with van der Waals surface area (Å²) in [5.74, 6) is -0.159. The smallest absolute Gasteiger partial charge is 0.243 e. The number of piperidine rings is 1. The van der Waals surface area contributed by atoms with Gasteiger partial charge < -0.3 is 4.90 Å². The zero-order valence-electron chi connectivity index (χ0n) is 15.7. The third-order valence-electron chi connectivity index (χ3n) is 4.94. The zero-order valence-corrected chi connectivity index (χ0v) is 16.5. The number of hydrogen-bond donors (Lipinski definition) is 0. The topological polar surface area (TPSA) is 94.4 Å². The molecule has 1 amide bonds. The van der Waals surface area contributed by atoms with Gasteiger partial charge in [0.1, 0.15) is 0 Å². The minimum atomic E-state index is -3.61. The molecule has 0 spiro atoms. The highest BCUT2D eigenvalue weighted by molar-refractivity contribution is 7.89. The molecule has 8 heteroatoms. The lowest BCUT2D eigenvalue weighted by Crippen LogP contribution is -2.43. The highest BCUT2D eigenvalue weighted by Crippen LogP contribution is 2.25. The van der Waals surface area contributed by atoms with Gasteiger partial charge in [0.25, 0.3) is 0 Å². The van der Waals surface area contributed by atoms with Crippen LogP contribution in [-0.4, -0.2) is 48.7 Å². The minimum absolute atomic E-state index is 0.0271. The first-order chi connectivity index (χ1) is 13.4. The molecule has 0 radical (unpaired) electrons. The van der Waals surface area contributed by atoms with Gasteiger partial charge >= 0.3 is 0 Å². The lowest BCUT2D eigenvalue weighted by atomic mass is 9.96. The lowest BCUT2D eigenvalue weighted by molar-refractivity contribution is -0.135. The van der Waals surface area contributed by atoms with Crippen LogP contribution in [0.15, 0.2) is 53.7 Å². The van der Waals surface area contributed by atoms with Gasteiger partial charge in [0, 0.05) is 45.0 Å². The quantitative estimate of drug-likeness (QED) is 0.768. The fourth-order valence-corrected chi connectivity index (χ4v) is 4.82. The van der Waals surface area contributed by atoms with Crippen molar-refractivity contribution < 1.29 is 13.2 Å². The number of amides is 1. The maximum absolute atomic E-state index is 12.8. The van der Waals surface area contributed by atoms with Crippen molar-refractivity contribution >= 4 is 15.9 Å². The predicted molar refractivity (Wildman–Crippen MR) is 103 cm³/mol. The number of hydrogen-bond acceptors (Lipinski definition) is 5. The molecule has 0 aliphatic carbocycles. The van der Waals surface area contributed by atoms with E-state index in [-0.39, 0.29) is 16.7 Å². The largest absolute Gasteiger partial charge is 0.341 e. The number of sulfonamides is 1. The second-order valence-electron chi connectivity index (χ2n) is 6.87. The average Bonchev–Trinajstić information content (AvgIpc) is 2.74. The number of aromatic nitrogens is 1. The molecule has 0 bridgehead atoms. The molecular formula is C20H22N4O3S. The summed E-state index contributed by atoms with van der Waals surface area (Å²) < 4.78 is 27.0. The molecule has 1 aromatic carbocycles. The van der Waals surface area contributed by atoms with E-state index in [1.165, 1.54) is 28.6 Å². The highest BCUT2D eigenvalue weighted by Gasteiger charge is 2.33. The Hall–Kier alpha value is -2.76. The fourth-order valence-electron chi connectivity index (χ4n) is 3.35. The van der Waals surface area contributed by atoms with Gasteiger partial charge in [-0.2, -0.15) is 9.57 Å². The van der Waals surface area contributed by atoms with Gasteiger partial charge in [-0.05, 0) is 48.7 Å². The molecule has 1 aliphatic rings. The van der Waals surface area contributed by atoms with Crippen LogP contribution in [0.2, 0.25) is 0 Å². The lowest BCUT2D eigenvalue weighted by Gasteiger charge is -2.32. The van der Waals surface area contributed by atoms with Crippen molar-refractivity contribution in [1.82, 2.24) is 14.2 Å². The summed E-state index contributed by atoms with van der Waals surface area (Å²) in [4.78, 5) is 18.6. The Kier molecular flexibility index (Phi) is 6.07. The van der Waals surface area contributed by atoms with Crippen molar-refractivity contribution in [3.05, 3.63) is 59.9 Å². The van der Waals surface area contributed by atoms with E-state index in [0.717, 1.165) is 5.56 Å². The van der Waals surface area contributed by atoms with Crippen molar-refractivity contribution in [3.63, 3.8) is 0 Å². The first kappa shape index (κ1) is 20.0. The third-order valence-corrected chi connectivity index (χ3v) is 6.86. The normalized spacial score (nSPS) is 15.7. The Labute approximate surface area is 165 Å². The molecule has 2 aromatic rings. The molecule has 0 atom stereocenters. The van der Waals surface area contributed by atoms with Gasteiger partial charge in [-0.15, -0.1) is 0 Å². The van der Waals surface area contributed by atoms with Gasteiger partial charge in [-0.1, -0.05) is 6.07 Å². The summed E-state index contributed by atoms with van der Waals surface area (Å²) in [5, 5.41) is 8.85. The minimum Gasteiger partial charge on any atom is -0.341 e. The Morgan fingerprint density at radius 3 is 2.50 bits per heavy atom. The van der Waals surface area contributed by atoms with E-state index in [9.17, 15) is 13.2 Å². The van der Waals surface area contributed by atoms with E-state index >= 15 is 0 Å². The van der Waals surface area contributed by atoms with Gasteiger partial charge in [0.2, 0.25) is 15.9 Å². The van der Waals surface area contributed by atoms with Crippen LogP contribution in [0.4, 0.5) is 0 Å². The van der Waals surface area contributed by atoms with Gasteiger partial charge in [0.05, 0.1) is 16.5 Å². The van der Waals surface area contributed by atoms with E-state index in [0.29, 0.717) is 38.0 Å². The molecular weight excluding hydrogens is 376 g/mol. The van der Waals surface area contributed by atoms with Crippen LogP contribution < -0.4 is 0 Å². The Balaban J connectivity index is 1.60. The van der Waals surface area contributed by atoms with Crippen LogP contribution in [0.25, 0.3) is 0 Å². The van der Waals surface area contributed by atoms with Crippen LogP contribution in [-0.2, 0) is 21.4 Å². The van der Waals surface area contributed by atoms with Crippen LogP contribution in [0.3, 0.4) is 0 Å². The van der Waals surface area contributed by atoms with E-state index in [2.05, 4.69) is 4.98 Å². The second-order valence-corrected chi connectivity index (χ2v) is 8.81. The maximum atomic E-state index is 12.8. The summed E-state index contributed by atoms with van der Waals surface area (Å²) in [7, 11) is -1.86. The van der Waals surface area contributed by atoms with Crippen molar-refractivity contribution in [1.29, 1.82) is 5.26 Å². The van der Waals surface area contributed by atoms with Crippen LogP contribution in [0.5, 0.6) is 0 Å². The number of carbonyl (C=O) groups is 1. The molecule has 0 saturated carbocycles. The van der Waals surface area contributed by atoms with Crippen molar-refractivity contribution in [3.8, 4) is 6.07 Å². The standard InChI is InChI=1S/C20H22N4O3S/c1-23(15-17-3-2-10-22-14-17)20(25)18-8-11-24(12-9-18)28(26,27)19-6-4-16(13-21)5-7-19/h2-7,10,14,18H,8-9,11-12,15H2,1H3. The first-order valence-electron chi connectivity index (χ1n) is 9.06. The van der Waals surface area contributed by atoms with Crippen LogP contribution in [0.1, 0.15) is 24.0 Å². The average molecular weight is 398 g/mol. The van der Waals surface area contributed by atoms with Gasteiger partial charge in [-0.3, -0.25) is 9.78 Å². The molecule has 1 saturated heterocycles. The number of benzene rings is 1. The van der Waals surface area contributed by atoms with Crippen molar-refractivity contribution in [2.45, 2.75) is 24.3 Å². The molecule has 1 fully saturated rings. The fraction of sp³-hybridized carbons (Fsp3) is 0.350. The zero-order chi connectivity index (χ0) is 20.1. The molecule has 1 aliphatic heterocycles. The molecule has 3 rings (SSSR count). The number of carbonyl (C=O) groups excluding carboxylic acids is 1. The Morgan fingerprint density at radius 2 is 1.93 bits per heavy atom. The predicted octanol–water partition coefficient (Wildman–Crippen LogP) is 2.01. The molecule has 7 nitrogen and oxygen atoms in total. The molecule has 146 valence electrons. The summed E-state index contributed by atoms with van der Waals surface area (Å²) >= 11 is 0. The van der Waals surface area contributed by atoms with Crippen LogP contribution in [0, 0.1) is 17.2 Å². The summed E-state index contributed by atoms with van der Waals surface area (Å²) in [5.41, 5.74) is 1.37. The van der Waals surface area contributed by atoms with Gasteiger partial charge in [-0.25, -0.2) is 8.42 Å². The Bertz CT molecular complexity index is 961. The van der Waals surface area contributed by atoms with Crippen molar-refractivity contribution in [2.24, 2.45) is 5.92 Å². The SMILES string of the molecule is CN(Cc1cccnc1)C(=O)C1CCN(S(=O)(=O)c2ccc(C#N)cc2)CC1. The number of nitriles is 1. The summed E-state index contributed by atoms with van der Waals surface area (Å²) in [6.07, 6.45) is 4.41. The number of rotatable bonds is 5. The number of nitrogens with zero attached hydrogens (tertiary/aromatic N) is 4. The van der Waals surface area contributed by atoms with Crippen LogP contribution >= 0.6 is 0 Å². The first-order valence-corrected chi connectivity index (χ1v) is 10.5. The molecule has 0 unspecified atom stereocenters. The van der Waals surface area contributed by atoms with E-state index in [4.69, 9.17) is 5.26 Å². The van der Waals surface area contributed by atoms with E-state index in [1.54, 1.807) is 24.3 Å². The molecule has 1 aromatic heterocycles. The molecule has 28 heavy (non-hydrogen) atoms. The summed E-state index contributed by atoms with van der Waals surface area (Å²) in [6, 6.07) is 11.6. The Morgan fingerprint density at radius 1 is 1.25 bits per heavy atom. The maximum Gasteiger partial charge on any atom is 0.243 e. The highest BCUT2D eigenvalue weighted by atomic mass is 32.2. The van der Waals surface area contributed by atoms with Crippen molar-refractivity contribution in [2.75, 3.05) is 20.1 Å². The monoisotopic (exact) mass is 398 g/mol. The van der Waals surface area contributed by atoms with E-state index in [1.807, 2.05) is 18.2 Å². The third kappa shape index (κ3) is 4.38. The summed E-state index contributed by atoms with van der Waals surface area (Å²) in [6.45, 7) is 1.09. The van der Waals surface area contributed by atoms with Gasteiger partial charge in [0.15, 0.2) is 0 Å². The number of pyridine rings is 1. The van der Waals surface area contributed by atoms with E-state index < -0.39 is 10.0 Å². The molecule has 0 N–H and O–H groups in total. The molecule has 2 heterocycles.